The van der Waals surface area contributed by atoms with Crippen LogP contribution >= 0.6 is 0 Å². The van der Waals surface area contributed by atoms with Crippen LogP contribution < -0.4 is 5.46 Å². The molecule has 0 atom stereocenters. The van der Waals surface area contributed by atoms with Crippen LogP contribution in [0.4, 0.5) is 0 Å². The number of rotatable bonds is 6. The van der Waals surface area contributed by atoms with Gasteiger partial charge in [-0.15, -0.1) is 0 Å². The third-order valence-electron chi connectivity index (χ3n) is 8.98. The molecule has 7 rings (SSSR count). The Kier molecular flexibility index (Phi) is 7.44. The van der Waals surface area contributed by atoms with Crippen LogP contribution in [-0.2, 0) is 9.31 Å². The fourth-order valence-corrected chi connectivity index (χ4v) is 5.68. The van der Waals surface area contributed by atoms with Gasteiger partial charge in [0, 0.05) is 16.7 Å². The van der Waals surface area contributed by atoms with Crippen LogP contribution in [0.25, 0.3) is 56.2 Å². The van der Waals surface area contributed by atoms with Gasteiger partial charge in [0.2, 0.25) is 0 Å². The second kappa shape index (κ2) is 11.6. The molecule has 0 amide bonds. The first-order chi connectivity index (χ1) is 21.8. The first-order valence-electron chi connectivity index (χ1n) is 15.4. The van der Waals surface area contributed by atoms with Gasteiger partial charge >= 0.3 is 7.12 Å². The molecule has 0 unspecified atom stereocenters. The predicted molar refractivity (Wildman–Crippen MR) is 185 cm³/mol. The van der Waals surface area contributed by atoms with Crippen LogP contribution in [0.3, 0.4) is 0 Å². The van der Waals surface area contributed by atoms with Crippen molar-refractivity contribution in [2.75, 3.05) is 0 Å². The van der Waals surface area contributed by atoms with Crippen molar-refractivity contribution in [3.63, 3.8) is 0 Å². The largest absolute Gasteiger partial charge is 0.494 e. The molecule has 6 aromatic rings. The van der Waals surface area contributed by atoms with Gasteiger partial charge < -0.3 is 9.31 Å². The lowest BCUT2D eigenvalue weighted by atomic mass is 9.77. The van der Waals surface area contributed by atoms with Crippen LogP contribution in [0, 0.1) is 0 Å². The molecular formula is C40H35BN2O2. The fourth-order valence-electron chi connectivity index (χ4n) is 5.68. The van der Waals surface area contributed by atoms with Gasteiger partial charge in [-0.1, -0.05) is 133 Å². The molecule has 1 saturated heterocycles. The van der Waals surface area contributed by atoms with Gasteiger partial charge in [0.25, 0.3) is 0 Å². The highest BCUT2D eigenvalue weighted by molar-refractivity contribution is 6.62. The van der Waals surface area contributed by atoms with E-state index in [2.05, 4.69) is 137 Å². The standard InChI is InChI=1S/C40H35BN2O2/c1-39(2)40(3,4)45-41(44-39)33-24-25-34(30-16-10-6-11-17-30)35(26-33)38-42-36(31-18-12-7-13-19-31)27-37(43-38)32-22-20-29(21-23-32)28-14-8-5-9-15-28/h5-27H,1-4H3. The average Bonchev–Trinajstić information content (AvgIpc) is 3.31. The van der Waals surface area contributed by atoms with Gasteiger partial charge in [-0.25, -0.2) is 9.97 Å². The highest BCUT2D eigenvalue weighted by Crippen LogP contribution is 2.38. The van der Waals surface area contributed by atoms with Crippen molar-refractivity contribution in [1.29, 1.82) is 0 Å². The van der Waals surface area contributed by atoms with E-state index in [0.29, 0.717) is 5.82 Å². The topological polar surface area (TPSA) is 44.2 Å². The van der Waals surface area contributed by atoms with E-state index in [-0.39, 0.29) is 0 Å². The molecule has 1 aliphatic heterocycles. The summed E-state index contributed by atoms with van der Waals surface area (Å²) in [5.74, 6) is 0.649. The molecule has 5 aromatic carbocycles. The van der Waals surface area contributed by atoms with Crippen LogP contribution in [0.1, 0.15) is 27.7 Å². The third kappa shape index (κ3) is 5.73. The first-order valence-corrected chi connectivity index (χ1v) is 15.4. The molecule has 45 heavy (non-hydrogen) atoms. The summed E-state index contributed by atoms with van der Waals surface area (Å²) in [6.45, 7) is 8.31. The Morgan fingerprint density at radius 2 is 0.889 bits per heavy atom. The summed E-state index contributed by atoms with van der Waals surface area (Å²) in [7, 11) is -0.499. The molecule has 0 radical (unpaired) electrons. The average molecular weight is 587 g/mol. The number of hydrogen-bond acceptors (Lipinski definition) is 4. The number of benzene rings is 5. The molecule has 4 nitrogen and oxygen atoms in total. The molecule has 5 heteroatoms. The van der Waals surface area contributed by atoms with E-state index < -0.39 is 18.3 Å². The van der Waals surface area contributed by atoms with Crippen molar-refractivity contribution in [2.45, 2.75) is 38.9 Å². The van der Waals surface area contributed by atoms with Crippen molar-refractivity contribution in [3.05, 3.63) is 140 Å². The molecular weight excluding hydrogens is 551 g/mol. The van der Waals surface area contributed by atoms with E-state index in [1.807, 2.05) is 30.3 Å². The van der Waals surface area contributed by atoms with Crippen molar-refractivity contribution in [3.8, 4) is 56.2 Å². The fraction of sp³-hybridized carbons (Fsp3) is 0.150. The summed E-state index contributed by atoms with van der Waals surface area (Å²) in [5, 5.41) is 0. The van der Waals surface area contributed by atoms with E-state index in [1.165, 1.54) is 11.1 Å². The van der Waals surface area contributed by atoms with Crippen molar-refractivity contribution >= 4 is 12.6 Å². The quantitative estimate of drug-likeness (QED) is 0.183. The minimum Gasteiger partial charge on any atom is -0.399 e. The van der Waals surface area contributed by atoms with Crippen molar-refractivity contribution < 1.29 is 9.31 Å². The smallest absolute Gasteiger partial charge is 0.399 e. The van der Waals surface area contributed by atoms with Crippen LogP contribution in [0.5, 0.6) is 0 Å². The lowest BCUT2D eigenvalue weighted by Crippen LogP contribution is -2.41. The lowest BCUT2D eigenvalue weighted by Gasteiger charge is -2.32. The van der Waals surface area contributed by atoms with Gasteiger partial charge in [-0.05, 0) is 61.5 Å². The molecule has 2 heterocycles. The molecule has 0 spiro atoms. The summed E-state index contributed by atoms with van der Waals surface area (Å²) in [4.78, 5) is 10.4. The highest BCUT2D eigenvalue weighted by atomic mass is 16.7. The predicted octanol–water partition coefficient (Wildman–Crippen LogP) is 9.11. The molecule has 1 fully saturated rings. The minimum atomic E-state index is -0.499. The lowest BCUT2D eigenvalue weighted by molar-refractivity contribution is 0.00578. The Balaban J connectivity index is 1.39. The SMILES string of the molecule is CC1(C)OB(c2ccc(-c3ccccc3)c(-c3nc(-c4ccccc4)cc(-c4ccc(-c5ccccc5)cc4)n3)c2)OC1(C)C. The maximum absolute atomic E-state index is 6.46. The zero-order chi connectivity index (χ0) is 31.0. The first kappa shape index (κ1) is 28.9. The molecule has 0 N–H and O–H groups in total. The summed E-state index contributed by atoms with van der Waals surface area (Å²) in [5.41, 5.74) is 9.24. The van der Waals surface area contributed by atoms with Crippen LogP contribution in [0.15, 0.2) is 140 Å². The zero-order valence-electron chi connectivity index (χ0n) is 26.1. The number of hydrogen-bond donors (Lipinski definition) is 0. The maximum atomic E-state index is 6.46. The Hall–Kier alpha value is -4.84. The molecule has 0 saturated carbocycles. The minimum absolute atomic E-state index is 0.446. The Labute approximate surface area is 265 Å². The Morgan fingerprint density at radius 3 is 1.44 bits per heavy atom. The maximum Gasteiger partial charge on any atom is 0.494 e. The van der Waals surface area contributed by atoms with E-state index in [4.69, 9.17) is 19.3 Å². The normalized spacial score (nSPS) is 15.2. The van der Waals surface area contributed by atoms with E-state index in [1.54, 1.807) is 0 Å². The molecule has 0 aliphatic carbocycles. The highest BCUT2D eigenvalue weighted by Gasteiger charge is 2.51. The number of nitrogens with zero attached hydrogens (tertiary/aromatic N) is 2. The van der Waals surface area contributed by atoms with Gasteiger partial charge in [0.1, 0.15) is 0 Å². The molecule has 220 valence electrons. The van der Waals surface area contributed by atoms with Crippen LogP contribution in [0.2, 0.25) is 0 Å². The summed E-state index contributed by atoms with van der Waals surface area (Å²) in [6, 6.07) is 48.1. The summed E-state index contributed by atoms with van der Waals surface area (Å²) in [6.07, 6.45) is 0. The zero-order valence-corrected chi connectivity index (χ0v) is 26.1. The summed E-state index contributed by atoms with van der Waals surface area (Å²) >= 11 is 0. The second-order valence-electron chi connectivity index (χ2n) is 12.5. The van der Waals surface area contributed by atoms with E-state index >= 15 is 0 Å². The molecule has 1 aromatic heterocycles. The van der Waals surface area contributed by atoms with Gasteiger partial charge in [0.15, 0.2) is 5.82 Å². The summed E-state index contributed by atoms with van der Waals surface area (Å²) < 4.78 is 12.9. The Bertz CT molecular complexity index is 1920. The third-order valence-corrected chi connectivity index (χ3v) is 8.98. The van der Waals surface area contributed by atoms with Gasteiger partial charge in [-0.3, -0.25) is 0 Å². The van der Waals surface area contributed by atoms with E-state index in [0.717, 1.165) is 44.7 Å². The van der Waals surface area contributed by atoms with Gasteiger partial charge in [-0.2, -0.15) is 0 Å². The van der Waals surface area contributed by atoms with Gasteiger partial charge in [0.05, 0.1) is 22.6 Å². The van der Waals surface area contributed by atoms with E-state index in [9.17, 15) is 0 Å². The number of aromatic nitrogens is 2. The monoisotopic (exact) mass is 586 g/mol. The Morgan fingerprint density at radius 1 is 0.444 bits per heavy atom. The van der Waals surface area contributed by atoms with Crippen molar-refractivity contribution in [2.24, 2.45) is 0 Å². The van der Waals surface area contributed by atoms with Crippen molar-refractivity contribution in [1.82, 2.24) is 9.97 Å². The van der Waals surface area contributed by atoms with Crippen LogP contribution in [-0.4, -0.2) is 28.3 Å². The second-order valence-corrected chi connectivity index (χ2v) is 12.5. The molecule has 0 bridgehead atoms. The molecule has 1 aliphatic rings.